The number of Topliss-reactive ketones (excluding diaryl/α,β-unsaturated/α-hetero) is 1. The third-order valence-electron chi connectivity index (χ3n) is 5.53. The van der Waals surface area contributed by atoms with E-state index >= 15 is 0 Å². The lowest BCUT2D eigenvalue weighted by atomic mass is 9.79. The van der Waals surface area contributed by atoms with Crippen molar-refractivity contribution in [2.24, 2.45) is 11.8 Å². The minimum Gasteiger partial charge on any atom is -0.426 e. The lowest BCUT2D eigenvalue weighted by Crippen LogP contribution is -2.35. The van der Waals surface area contributed by atoms with Gasteiger partial charge in [-0.1, -0.05) is 12.1 Å². The van der Waals surface area contributed by atoms with Crippen molar-refractivity contribution in [3.63, 3.8) is 0 Å². The van der Waals surface area contributed by atoms with Crippen LogP contribution in [0.15, 0.2) is 18.2 Å². The molecule has 5 heteroatoms. The minimum absolute atomic E-state index is 0.0458. The van der Waals surface area contributed by atoms with Gasteiger partial charge in [0.25, 0.3) is 0 Å². The van der Waals surface area contributed by atoms with Crippen LogP contribution in [0.3, 0.4) is 0 Å². The van der Waals surface area contributed by atoms with Gasteiger partial charge in [-0.15, -0.1) is 0 Å². The second kappa shape index (κ2) is 5.14. The largest absolute Gasteiger partial charge is 0.426 e. The van der Waals surface area contributed by atoms with Gasteiger partial charge < -0.3 is 14.2 Å². The van der Waals surface area contributed by atoms with E-state index in [1.54, 1.807) is 6.07 Å². The Morgan fingerprint density at radius 2 is 2.00 bits per heavy atom. The van der Waals surface area contributed by atoms with Crippen molar-refractivity contribution >= 4 is 11.8 Å². The van der Waals surface area contributed by atoms with Gasteiger partial charge in [0.15, 0.2) is 5.78 Å². The van der Waals surface area contributed by atoms with Crippen LogP contribution in [0.2, 0.25) is 0 Å². The minimum atomic E-state index is -0.431. The average molecular weight is 330 g/mol. The Kier molecular flexibility index (Phi) is 3.38. The Bertz CT molecular complexity index is 722. The highest BCUT2D eigenvalue weighted by Crippen LogP contribution is 2.51. The number of aryl methyl sites for hydroxylation is 1. The van der Waals surface area contributed by atoms with Gasteiger partial charge >= 0.3 is 5.97 Å². The summed E-state index contributed by atoms with van der Waals surface area (Å²) in [6.45, 7) is 7.73. The summed E-state index contributed by atoms with van der Waals surface area (Å²) in [5.74, 6) is -0.282. The second-order valence-electron chi connectivity index (χ2n) is 7.63. The highest BCUT2D eigenvalue weighted by Gasteiger charge is 2.56. The zero-order chi connectivity index (χ0) is 17.2. The summed E-state index contributed by atoms with van der Waals surface area (Å²) in [4.78, 5) is 25.0. The molecule has 5 atom stereocenters. The number of hydrogen-bond donors (Lipinski definition) is 0. The maximum Gasteiger partial charge on any atom is 0.317 e. The number of ether oxygens (including phenoxy) is 3. The van der Waals surface area contributed by atoms with Crippen molar-refractivity contribution in [1.29, 1.82) is 0 Å². The molecule has 0 radical (unpaired) electrons. The lowest BCUT2D eigenvalue weighted by molar-refractivity contribution is -0.144. The fraction of sp³-hybridized carbons (Fsp3) is 0.579. The first-order valence-corrected chi connectivity index (χ1v) is 8.47. The molecule has 0 saturated carbocycles. The first-order valence-electron chi connectivity index (χ1n) is 8.47. The third kappa shape index (κ3) is 2.30. The maximum atomic E-state index is 12.6. The number of rotatable bonds is 3. The predicted octanol–water partition coefficient (Wildman–Crippen LogP) is 2.74. The second-order valence-corrected chi connectivity index (χ2v) is 7.63. The highest BCUT2D eigenvalue weighted by atomic mass is 16.6. The Morgan fingerprint density at radius 3 is 2.67 bits per heavy atom. The van der Waals surface area contributed by atoms with Crippen molar-refractivity contribution in [3.8, 4) is 5.75 Å². The summed E-state index contributed by atoms with van der Waals surface area (Å²) in [6, 6.07) is 5.65. The Labute approximate surface area is 141 Å². The Morgan fingerprint density at radius 1 is 1.29 bits per heavy atom. The normalized spacial score (nSPS) is 35.8. The first kappa shape index (κ1) is 15.8. The SMILES string of the molecule is Cc1cccc2c1C1OC(C)C(CC(=O)C3OC3(C)C)C1C(=O)O2. The number of epoxide rings is 1. The maximum absolute atomic E-state index is 12.6. The fourth-order valence-electron chi connectivity index (χ4n) is 4.12. The van der Waals surface area contributed by atoms with Gasteiger partial charge in [0.2, 0.25) is 0 Å². The summed E-state index contributed by atoms with van der Waals surface area (Å²) in [5.41, 5.74) is 1.60. The topological polar surface area (TPSA) is 65.1 Å². The molecular weight excluding hydrogens is 308 g/mol. The van der Waals surface area contributed by atoms with Gasteiger partial charge in [0.05, 0.1) is 17.6 Å². The van der Waals surface area contributed by atoms with E-state index in [0.29, 0.717) is 5.75 Å². The molecular formula is C19H22O5. The molecule has 1 aromatic rings. The summed E-state index contributed by atoms with van der Waals surface area (Å²) < 4.78 is 17.1. The van der Waals surface area contributed by atoms with Crippen molar-refractivity contribution < 1.29 is 23.8 Å². The van der Waals surface area contributed by atoms with Gasteiger partial charge in [-0.25, -0.2) is 0 Å². The van der Waals surface area contributed by atoms with Crippen molar-refractivity contribution in [2.45, 2.75) is 58.0 Å². The molecule has 0 aliphatic carbocycles. The molecule has 4 rings (SSSR count). The van der Waals surface area contributed by atoms with Crippen LogP contribution in [0.5, 0.6) is 5.75 Å². The number of fused-ring (bicyclic) bond motifs is 3. The standard InChI is InChI=1S/C19H22O5/c1-9-6-5-7-13-14(9)16-15(18(21)23-13)11(10(2)22-16)8-12(20)17-19(3,4)24-17/h5-7,10-11,15-17H,8H2,1-4H3. The molecule has 24 heavy (non-hydrogen) atoms. The van der Waals surface area contributed by atoms with Crippen LogP contribution in [-0.2, 0) is 19.1 Å². The zero-order valence-electron chi connectivity index (χ0n) is 14.4. The lowest BCUT2D eigenvalue weighted by Gasteiger charge is -2.29. The molecule has 1 aromatic carbocycles. The predicted molar refractivity (Wildman–Crippen MR) is 85.7 cm³/mol. The van der Waals surface area contributed by atoms with Crippen LogP contribution in [0.25, 0.3) is 0 Å². The third-order valence-corrected chi connectivity index (χ3v) is 5.53. The van der Waals surface area contributed by atoms with E-state index in [9.17, 15) is 9.59 Å². The van der Waals surface area contributed by atoms with Crippen LogP contribution in [0, 0.1) is 18.8 Å². The number of hydrogen-bond acceptors (Lipinski definition) is 5. The Balaban J connectivity index is 1.62. The molecule has 5 nitrogen and oxygen atoms in total. The van der Waals surface area contributed by atoms with E-state index in [2.05, 4.69) is 0 Å². The van der Waals surface area contributed by atoms with E-state index in [4.69, 9.17) is 14.2 Å². The van der Waals surface area contributed by atoms with Crippen molar-refractivity contribution in [2.75, 3.05) is 0 Å². The van der Waals surface area contributed by atoms with Crippen LogP contribution < -0.4 is 4.74 Å². The van der Waals surface area contributed by atoms with Crippen LogP contribution in [0.1, 0.15) is 44.4 Å². The molecule has 3 heterocycles. The number of ketones is 1. The van der Waals surface area contributed by atoms with Crippen LogP contribution in [0.4, 0.5) is 0 Å². The molecule has 128 valence electrons. The summed E-state index contributed by atoms with van der Waals surface area (Å²) in [5, 5.41) is 0. The molecule has 0 bridgehead atoms. The first-order chi connectivity index (χ1) is 11.3. The molecule has 5 unspecified atom stereocenters. The molecule has 0 spiro atoms. The molecule has 2 fully saturated rings. The quantitative estimate of drug-likeness (QED) is 0.484. The number of benzene rings is 1. The molecule has 0 amide bonds. The molecule has 0 N–H and O–H groups in total. The highest BCUT2D eigenvalue weighted by molar-refractivity contribution is 5.88. The van der Waals surface area contributed by atoms with E-state index in [0.717, 1.165) is 11.1 Å². The summed E-state index contributed by atoms with van der Waals surface area (Å²) >= 11 is 0. The van der Waals surface area contributed by atoms with E-state index < -0.39 is 5.92 Å². The monoisotopic (exact) mass is 330 g/mol. The summed E-state index contributed by atoms with van der Waals surface area (Å²) in [6.07, 6.45) is -0.586. The number of carbonyl (C=O) groups excluding carboxylic acids is 2. The van der Waals surface area contributed by atoms with Gasteiger partial charge in [-0.05, 0) is 39.3 Å². The fourth-order valence-corrected chi connectivity index (χ4v) is 4.12. The smallest absolute Gasteiger partial charge is 0.317 e. The number of esters is 1. The molecule has 3 aliphatic heterocycles. The van der Waals surface area contributed by atoms with E-state index in [1.807, 2.05) is 39.8 Å². The average Bonchev–Trinajstić information content (AvgIpc) is 3.01. The Hall–Kier alpha value is -1.72. The van der Waals surface area contributed by atoms with Gasteiger partial charge in [0.1, 0.15) is 18.0 Å². The number of carbonyl (C=O) groups is 2. The molecule has 0 aromatic heterocycles. The van der Waals surface area contributed by atoms with Crippen LogP contribution >= 0.6 is 0 Å². The van der Waals surface area contributed by atoms with E-state index in [-0.39, 0.29) is 48.0 Å². The van der Waals surface area contributed by atoms with Gasteiger partial charge in [0, 0.05) is 17.9 Å². The summed E-state index contributed by atoms with van der Waals surface area (Å²) in [7, 11) is 0. The molecule has 3 aliphatic rings. The van der Waals surface area contributed by atoms with Crippen LogP contribution in [-0.4, -0.2) is 29.6 Å². The molecule has 2 saturated heterocycles. The zero-order valence-corrected chi connectivity index (χ0v) is 14.4. The van der Waals surface area contributed by atoms with Gasteiger partial charge in [-0.3, -0.25) is 9.59 Å². The van der Waals surface area contributed by atoms with E-state index in [1.165, 1.54) is 0 Å². The van der Waals surface area contributed by atoms with Crippen molar-refractivity contribution in [3.05, 3.63) is 29.3 Å². The van der Waals surface area contributed by atoms with Gasteiger partial charge in [-0.2, -0.15) is 0 Å². The van der Waals surface area contributed by atoms with Crippen molar-refractivity contribution in [1.82, 2.24) is 0 Å².